The van der Waals surface area contributed by atoms with Gasteiger partial charge in [0.2, 0.25) is 11.8 Å². The van der Waals surface area contributed by atoms with Crippen LogP contribution >= 0.6 is 0 Å². The Balaban J connectivity index is 1.98. The van der Waals surface area contributed by atoms with Crippen molar-refractivity contribution in [1.82, 2.24) is 9.80 Å². The summed E-state index contributed by atoms with van der Waals surface area (Å²) in [5.41, 5.74) is 6.42. The minimum Gasteiger partial charge on any atom is -0.368 e. The van der Waals surface area contributed by atoms with Gasteiger partial charge in [-0.25, -0.2) is 0 Å². The van der Waals surface area contributed by atoms with Gasteiger partial charge < -0.3 is 10.6 Å². The van der Waals surface area contributed by atoms with Gasteiger partial charge in [-0.1, -0.05) is 37.3 Å². The molecule has 0 spiro atoms. The summed E-state index contributed by atoms with van der Waals surface area (Å²) in [6, 6.07) is 9.66. The Labute approximate surface area is 132 Å². The summed E-state index contributed by atoms with van der Waals surface area (Å²) in [5.74, 6) is -0.211. The molecule has 1 fully saturated rings. The number of rotatable bonds is 5. The molecule has 1 aliphatic heterocycles. The SMILES string of the molecule is CCC(C(=O)N1CCN(C(C)C(N)=O)CC1)c1ccccc1. The highest BCUT2D eigenvalue weighted by atomic mass is 16.2. The van der Waals surface area contributed by atoms with Crippen molar-refractivity contribution in [2.45, 2.75) is 32.2 Å². The molecule has 2 rings (SSSR count). The Bertz CT molecular complexity index is 510. The maximum Gasteiger partial charge on any atom is 0.234 e. The molecule has 2 amide bonds. The number of nitrogens with zero attached hydrogens (tertiary/aromatic N) is 2. The summed E-state index contributed by atoms with van der Waals surface area (Å²) in [6.45, 7) is 6.56. The third-order valence-corrected chi connectivity index (χ3v) is 4.49. The molecular formula is C17H25N3O2. The van der Waals surface area contributed by atoms with Gasteiger partial charge in [-0.2, -0.15) is 0 Å². The lowest BCUT2D eigenvalue weighted by Gasteiger charge is -2.38. The normalized spacial score (nSPS) is 18.7. The molecule has 1 aliphatic rings. The summed E-state index contributed by atoms with van der Waals surface area (Å²) in [4.78, 5) is 28.0. The van der Waals surface area contributed by atoms with E-state index in [1.54, 1.807) is 0 Å². The van der Waals surface area contributed by atoms with E-state index in [0.29, 0.717) is 26.2 Å². The van der Waals surface area contributed by atoms with Crippen molar-refractivity contribution in [2.24, 2.45) is 5.73 Å². The van der Waals surface area contributed by atoms with Gasteiger partial charge in [0, 0.05) is 26.2 Å². The maximum atomic E-state index is 12.8. The van der Waals surface area contributed by atoms with Gasteiger partial charge in [0.1, 0.15) is 0 Å². The Hall–Kier alpha value is -1.88. The molecule has 0 bridgehead atoms. The van der Waals surface area contributed by atoms with E-state index in [1.807, 2.05) is 54.0 Å². The molecule has 1 aromatic rings. The van der Waals surface area contributed by atoms with Crippen molar-refractivity contribution >= 4 is 11.8 Å². The van der Waals surface area contributed by atoms with E-state index in [-0.39, 0.29) is 23.8 Å². The number of nitrogens with two attached hydrogens (primary N) is 1. The number of carbonyl (C=O) groups is 2. The van der Waals surface area contributed by atoms with E-state index in [0.717, 1.165) is 12.0 Å². The first-order chi connectivity index (χ1) is 10.5. The molecule has 0 aromatic heterocycles. The van der Waals surface area contributed by atoms with E-state index in [1.165, 1.54) is 0 Å². The van der Waals surface area contributed by atoms with Gasteiger partial charge >= 0.3 is 0 Å². The van der Waals surface area contributed by atoms with Gasteiger partial charge in [0.05, 0.1) is 12.0 Å². The highest BCUT2D eigenvalue weighted by molar-refractivity contribution is 5.84. The zero-order valence-corrected chi connectivity index (χ0v) is 13.4. The molecule has 1 aromatic carbocycles. The molecule has 0 aliphatic carbocycles. The highest BCUT2D eigenvalue weighted by Gasteiger charge is 2.29. The lowest BCUT2D eigenvalue weighted by atomic mass is 9.94. The van der Waals surface area contributed by atoms with E-state index < -0.39 is 0 Å². The monoisotopic (exact) mass is 303 g/mol. The summed E-state index contributed by atoms with van der Waals surface area (Å²) in [5, 5.41) is 0. The molecular weight excluding hydrogens is 278 g/mol. The molecule has 22 heavy (non-hydrogen) atoms. The second-order valence-corrected chi connectivity index (χ2v) is 5.81. The number of carbonyl (C=O) groups excluding carboxylic acids is 2. The molecule has 5 nitrogen and oxygen atoms in total. The van der Waals surface area contributed by atoms with E-state index in [4.69, 9.17) is 5.73 Å². The van der Waals surface area contributed by atoms with Crippen LogP contribution in [0, 0.1) is 0 Å². The first kappa shape index (κ1) is 16.5. The van der Waals surface area contributed by atoms with Gasteiger partial charge in [-0.3, -0.25) is 14.5 Å². The van der Waals surface area contributed by atoms with Crippen LogP contribution in [-0.2, 0) is 9.59 Å². The minimum atomic E-state index is -0.310. The molecule has 120 valence electrons. The molecule has 5 heteroatoms. The van der Waals surface area contributed by atoms with Crippen molar-refractivity contribution in [3.8, 4) is 0 Å². The van der Waals surface area contributed by atoms with Crippen LogP contribution < -0.4 is 5.73 Å². The number of amides is 2. The Morgan fingerprint density at radius 2 is 1.73 bits per heavy atom. The second-order valence-electron chi connectivity index (χ2n) is 5.81. The average Bonchev–Trinajstić information content (AvgIpc) is 2.56. The Morgan fingerprint density at radius 1 is 1.14 bits per heavy atom. The van der Waals surface area contributed by atoms with E-state index in [9.17, 15) is 9.59 Å². The van der Waals surface area contributed by atoms with Gasteiger partial charge in [0.25, 0.3) is 0 Å². The van der Waals surface area contributed by atoms with E-state index in [2.05, 4.69) is 0 Å². The quantitative estimate of drug-likeness (QED) is 0.889. The molecule has 2 N–H and O–H groups in total. The topological polar surface area (TPSA) is 66.6 Å². The lowest BCUT2D eigenvalue weighted by Crippen LogP contribution is -2.54. The summed E-state index contributed by atoms with van der Waals surface area (Å²) in [6.07, 6.45) is 0.792. The third kappa shape index (κ3) is 3.65. The molecule has 1 heterocycles. The smallest absolute Gasteiger partial charge is 0.234 e. The fourth-order valence-corrected chi connectivity index (χ4v) is 2.97. The van der Waals surface area contributed by atoms with Crippen LogP contribution in [0.2, 0.25) is 0 Å². The first-order valence-electron chi connectivity index (χ1n) is 7.91. The molecule has 2 atom stereocenters. The molecule has 1 saturated heterocycles. The van der Waals surface area contributed by atoms with Crippen molar-refractivity contribution in [3.63, 3.8) is 0 Å². The van der Waals surface area contributed by atoms with Crippen LogP contribution in [0.15, 0.2) is 30.3 Å². The molecule has 0 saturated carbocycles. The van der Waals surface area contributed by atoms with Crippen LogP contribution in [0.25, 0.3) is 0 Å². The fourth-order valence-electron chi connectivity index (χ4n) is 2.97. The first-order valence-corrected chi connectivity index (χ1v) is 7.91. The number of primary amides is 1. The van der Waals surface area contributed by atoms with Crippen molar-refractivity contribution in [2.75, 3.05) is 26.2 Å². The Kier molecular flexibility index (Phi) is 5.55. The predicted molar refractivity (Wildman–Crippen MR) is 86.3 cm³/mol. The number of hydrogen-bond donors (Lipinski definition) is 1. The van der Waals surface area contributed by atoms with Crippen molar-refractivity contribution < 1.29 is 9.59 Å². The molecule has 0 radical (unpaired) electrons. The Morgan fingerprint density at radius 3 is 2.23 bits per heavy atom. The number of piperazine rings is 1. The van der Waals surface area contributed by atoms with Gasteiger partial charge in [0.15, 0.2) is 0 Å². The van der Waals surface area contributed by atoms with Crippen molar-refractivity contribution in [3.05, 3.63) is 35.9 Å². The summed E-state index contributed by atoms with van der Waals surface area (Å²) in [7, 11) is 0. The van der Waals surface area contributed by atoms with Crippen LogP contribution in [-0.4, -0.2) is 53.8 Å². The summed E-state index contributed by atoms with van der Waals surface area (Å²) >= 11 is 0. The van der Waals surface area contributed by atoms with Gasteiger partial charge in [-0.15, -0.1) is 0 Å². The maximum absolute atomic E-state index is 12.8. The minimum absolute atomic E-state index is 0.0821. The largest absolute Gasteiger partial charge is 0.368 e. The predicted octanol–water partition coefficient (Wildman–Crippen LogP) is 1.20. The van der Waals surface area contributed by atoms with Crippen molar-refractivity contribution in [1.29, 1.82) is 0 Å². The third-order valence-electron chi connectivity index (χ3n) is 4.49. The van der Waals surface area contributed by atoms with Crippen LogP contribution in [0.3, 0.4) is 0 Å². The lowest BCUT2D eigenvalue weighted by molar-refractivity contribution is -0.135. The standard InChI is InChI=1S/C17H25N3O2/c1-3-15(14-7-5-4-6-8-14)17(22)20-11-9-19(10-12-20)13(2)16(18)21/h4-8,13,15H,3,9-12H2,1-2H3,(H2,18,21). The van der Waals surface area contributed by atoms with Gasteiger partial charge in [-0.05, 0) is 18.9 Å². The highest BCUT2D eigenvalue weighted by Crippen LogP contribution is 2.22. The zero-order chi connectivity index (χ0) is 16.1. The average molecular weight is 303 g/mol. The van der Waals surface area contributed by atoms with Crippen LogP contribution in [0.4, 0.5) is 0 Å². The van der Waals surface area contributed by atoms with E-state index >= 15 is 0 Å². The van der Waals surface area contributed by atoms with Crippen LogP contribution in [0.1, 0.15) is 31.7 Å². The zero-order valence-electron chi connectivity index (χ0n) is 13.4. The fraction of sp³-hybridized carbons (Fsp3) is 0.529. The van der Waals surface area contributed by atoms with Crippen LogP contribution in [0.5, 0.6) is 0 Å². The summed E-state index contributed by atoms with van der Waals surface area (Å²) < 4.78 is 0. The number of benzene rings is 1. The molecule has 2 unspecified atom stereocenters. The number of hydrogen-bond acceptors (Lipinski definition) is 3. The second kappa shape index (κ2) is 7.40.